The van der Waals surface area contributed by atoms with Crippen LogP contribution in [0.4, 0.5) is 4.79 Å². The van der Waals surface area contributed by atoms with Crippen LogP contribution in [0.15, 0.2) is 83.3 Å². The van der Waals surface area contributed by atoms with E-state index in [1.54, 1.807) is 48.5 Å². The van der Waals surface area contributed by atoms with Gasteiger partial charge in [-0.15, -0.1) is 0 Å². The molecule has 202 valence electrons. The molecule has 0 aliphatic heterocycles. The smallest absolute Gasteiger partial charge is 0.416 e. The first kappa shape index (κ1) is 27.3. The third-order valence-electron chi connectivity index (χ3n) is 6.10. The lowest BCUT2D eigenvalue weighted by atomic mass is 10.1. The maximum Gasteiger partial charge on any atom is 0.416 e. The number of carboxylic acid groups (broad SMARTS) is 1. The molecule has 0 aliphatic rings. The number of nitrogens with zero attached hydrogens (tertiary/aromatic N) is 2. The predicted octanol–water partition coefficient (Wildman–Crippen LogP) is 5.75. The number of oxazole rings is 1. The summed E-state index contributed by atoms with van der Waals surface area (Å²) in [6.45, 7) is 3.68. The summed E-state index contributed by atoms with van der Waals surface area (Å²) in [6.07, 6.45) is -0.236. The van der Waals surface area contributed by atoms with Gasteiger partial charge >= 0.3 is 12.1 Å². The summed E-state index contributed by atoms with van der Waals surface area (Å²) in [5, 5.41) is 9.59. The van der Waals surface area contributed by atoms with Gasteiger partial charge in [0.2, 0.25) is 5.89 Å². The fourth-order valence-electron chi connectivity index (χ4n) is 3.86. The number of ether oxygens (including phenoxy) is 3. The summed E-state index contributed by atoms with van der Waals surface area (Å²) >= 11 is 0. The molecular weight excluding hydrogens is 500 g/mol. The molecule has 0 spiro atoms. The van der Waals surface area contributed by atoms with Crippen LogP contribution >= 0.6 is 0 Å². The van der Waals surface area contributed by atoms with Crippen LogP contribution in [0.2, 0.25) is 0 Å². The van der Waals surface area contributed by atoms with E-state index in [-0.39, 0.29) is 12.3 Å². The molecule has 9 heteroatoms. The molecule has 0 bridgehead atoms. The van der Waals surface area contributed by atoms with Gasteiger partial charge in [0, 0.05) is 12.0 Å². The summed E-state index contributed by atoms with van der Waals surface area (Å²) in [7, 11) is 1.53. The van der Waals surface area contributed by atoms with Crippen LogP contribution in [-0.2, 0) is 17.8 Å². The number of carbonyl (C=O) groups is 2. The number of aromatic nitrogens is 1. The van der Waals surface area contributed by atoms with Crippen molar-refractivity contribution in [1.29, 1.82) is 0 Å². The Balaban J connectivity index is 1.39. The van der Waals surface area contributed by atoms with Gasteiger partial charge in [0.15, 0.2) is 0 Å². The van der Waals surface area contributed by atoms with Crippen LogP contribution in [-0.4, -0.2) is 46.8 Å². The Morgan fingerprint density at radius 1 is 0.974 bits per heavy atom. The van der Waals surface area contributed by atoms with Crippen molar-refractivity contribution in [1.82, 2.24) is 9.88 Å². The standard InChI is InChI=1S/C30H30N2O7/c1-20(29(33)34)32(30(35)39-25-14-12-24(36-3)13-15-25)19-22-8-7-11-26(18-22)37-17-16-27-21(2)38-28(31-27)23-9-5-4-6-10-23/h4-15,18,20H,16-17,19H2,1-3H3,(H,33,34)/t20-/m0/s1. The minimum absolute atomic E-state index is 0.0164. The minimum Gasteiger partial charge on any atom is -0.497 e. The number of carbonyl (C=O) groups excluding carboxylic acids is 1. The molecule has 4 rings (SSSR count). The average Bonchev–Trinajstić information content (AvgIpc) is 3.32. The van der Waals surface area contributed by atoms with E-state index in [1.165, 1.54) is 14.0 Å². The molecule has 0 fully saturated rings. The monoisotopic (exact) mass is 530 g/mol. The van der Waals surface area contributed by atoms with Crippen molar-refractivity contribution >= 4 is 12.1 Å². The Kier molecular flexibility index (Phi) is 8.83. The van der Waals surface area contributed by atoms with E-state index in [9.17, 15) is 14.7 Å². The molecule has 9 nitrogen and oxygen atoms in total. The van der Waals surface area contributed by atoms with Gasteiger partial charge in [0.05, 0.1) is 26.0 Å². The Morgan fingerprint density at radius 2 is 1.69 bits per heavy atom. The van der Waals surface area contributed by atoms with E-state index >= 15 is 0 Å². The Labute approximate surface area is 226 Å². The van der Waals surface area contributed by atoms with Gasteiger partial charge in [-0.25, -0.2) is 14.6 Å². The molecule has 0 unspecified atom stereocenters. The van der Waals surface area contributed by atoms with E-state index < -0.39 is 18.1 Å². The van der Waals surface area contributed by atoms with Gasteiger partial charge in [-0.3, -0.25) is 4.90 Å². The van der Waals surface area contributed by atoms with Gasteiger partial charge in [-0.1, -0.05) is 30.3 Å². The summed E-state index contributed by atoms with van der Waals surface area (Å²) in [6, 6.07) is 22.2. The second kappa shape index (κ2) is 12.6. The Morgan fingerprint density at radius 3 is 2.38 bits per heavy atom. The largest absolute Gasteiger partial charge is 0.497 e. The van der Waals surface area contributed by atoms with Crippen LogP contribution in [0, 0.1) is 6.92 Å². The summed E-state index contributed by atoms with van der Waals surface area (Å²) in [4.78, 5) is 30.4. The predicted molar refractivity (Wildman–Crippen MR) is 144 cm³/mol. The van der Waals surface area contributed by atoms with Crippen molar-refractivity contribution < 1.29 is 33.3 Å². The number of hydrogen-bond donors (Lipinski definition) is 1. The first-order chi connectivity index (χ1) is 18.8. The first-order valence-corrected chi connectivity index (χ1v) is 12.4. The summed E-state index contributed by atoms with van der Waals surface area (Å²) in [5.74, 6) is 1.63. The number of aryl methyl sites for hydroxylation is 1. The highest BCUT2D eigenvalue weighted by molar-refractivity contribution is 5.80. The average molecular weight is 531 g/mol. The molecule has 1 atom stereocenters. The molecular formula is C30H30N2O7. The van der Waals surface area contributed by atoms with Crippen LogP contribution in [0.3, 0.4) is 0 Å². The maximum atomic E-state index is 12.9. The molecule has 0 saturated carbocycles. The number of benzene rings is 3. The number of carboxylic acids is 1. The highest BCUT2D eigenvalue weighted by Gasteiger charge is 2.27. The zero-order valence-corrected chi connectivity index (χ0v) is 22.0. The number of rotatable bonds is 11. The maximum absolute atomic E-state index is 12.9. The summed E-state index contributed by atoms with van der Waals surface area (Å²) in [5.41, 5.74) is 2.41. The van der Waals surface area contributed by atoms with Crippen molar-refractivity contribution in [2.75, 3.05) is 13.7 Å². The van der Waals surface area contributed by atoms with Gasteiger partial charge < -0.3 is 23.7 Å². The SMILES string of the molecule is COc1ccc(OC(=O)N(Cc2cccc(OCCc3nc(-c4ccccc4)oc3C)c2)[C@@H](C)C(=O)O)cc1. The quantitative estimate of drug-likeness (QED) is 0.261. The van der Waals surface area contributed by atoms with Crippen molar-refractivity contribution in [3.63, 3.8) is 0 Å². The van der Waals surface area contributed by atoms with E-state index in [0.29, 0.717) is 36.0 Å². The lowest BCUT2D eigenvalue weighted by Gasteiger charge is -2.26. The molecule has 0 radical (unpaired) electrons. The lowest BCUT2D eigenvalue weighted by Crippen LogP contribution is -2.44. The number of aliphatic carboxylic acids is 1. The zero-order valence-electron chi connectivity index (χ0n) is 22.0. The van der Waals surface area contributed by atoms with Crippen molar-refractivity contribution in [3.8, 4) is 28.7 Å². The van der Waals surface area contributed by atoms with Crippen LogP contribution in [0.1, 0.15) is 23.9 Å². The van der Waals surface area contributed by atoms with Gasteiger partial charge in [0.1, 0.15) is 29.1 Å². The molecule has 1 aromatic heterocycles. The fourth-order valence-corrected chi connectivity index (χ4v) is 3.86. The highest BCUT2D eigenvalue weighted by atomic mass is 16.6. The topological polar surface area (TPSA) is 111 Å². The van der Waals surface area contributed by atoms with Crippen LogP contribution in [0.5, 0.6) is 17.2 Å². The Hall–Kier alpha value is -4.79. The molecule has 0 aliphatic carbocycles. The zero-order chi connectivity index (χ0) is 27.8. The van der Waals surface area contributed by atoms with Crippen molar-refractivity contribution in [3.05, 3.63) is 95.9 Å². The molecule has 39 heavy (non-hydrogen) atoms. The van der Waals surface area contributed by atoms with Gasteiger partial charge in [-0.2, -0.15) is 0 Å². The Bertz CT molecular complexity index is 1400. The molecule has 4 aromatic rings. The molecule has 0 saturated heterocycles. The lowest BCUT2D eigenvalue weighted by molar-refractivity contribution is -0.142. The second-order valence-electron chi connectivity index (χ2n) is 8.82. The van der Waals surface area contributed by atoms with E-state index in [0.717, 1.165) is 21.9 Å². The van der Waals surface area contributed by atoms with Crippen LogP contribution < -0.4 is 14.2 Å². The van der Waals surface area contributed by atoms with E-state index in [4.69, 9.17) is 18.6 Å². The molecule has 1 heterocycles. The van der Waals surface area contributed by atoms with Gasteiger partial charge in [0.25, 0.3) is 0 Å². The molecule has 1 N–H and O–H groups in total. The van der Waals surface area contributed by atoms with Crippen molar-refractivity contribution in [2.24, 2.45) is 0 Å². The number of amides is 1. The van der Waals surface area contributed by atoms with Gasteiger partial charge in [-0.05, 0) is 67.9 Å². The summed E-state index contributed by atoms with van der Waals surface area (Å²) < 4.78 is 22.3. The number of methoxy groups -OCH3 is 1. The van der Waals surface area contributed by atoms with E-state index in [2.05, 4.69) is 4.98 Å². The number of hydrogen-bond acceptors (Lipinski definition) is 7. The van der Waals surface area contributed by atoms with E-state index in [1.807, 2.05) is 37.3 Å². The minimum atomic E-state index is -1.15. The fraction of sp³-hybridized carbons (Fsp3) is 0.233. The second-order valence-corrected chi connectivity index (χ2v) is 8.82. The van der Waals surface area contributed by atoms with Crippen LogP contribution in [0.25, 0.3) is 11.5 Å². The molecule has 3 aromatic carbocycles. The third kappa shape index (κ3) is 7.16. The molecule has 1 amide bonds. The van der Waals surface area contributed by atoms with Crippen molar-refractivity contribution in [2.45, 2.75) is 32.9 Å². The normalized spacial score (nSPS) is 11.5. The third-order valence-corrected chi connectivity index (χ3v) is 6.10. The first-order valence-electron chi connectivity index (χ1n) is 12.4. The highest BCUT2D eigenvalue weighted by Crippen LogP contribution is 2.23.